The molecule has 96 valence electrons. The predicted octanol–water partition coefficient (Wildman–Crippen LogP) is 3.28. The van der Waals surface area contributed by atoms with Gasteiger partial charge in [0.25, 0.3) is 10.1 Å². The van der Waals surface area contributed by atoms with Crippen LogP contribution in [0.2, 0.25) is 0 Å². The zero-order valence-corrected chi connectivity index (χ0v) is 11.5. The third kappa shape index (κ3) is 4.48. The van der Waals surface area contributed by atoms with Crippen molar-refractivity contribution in [1.29, 1.82) is 0 Å². The van der Waals surface area contributed by atoms with Crippen molar-refractivity contribution in [3.8, 4) is 0 Å². The van der Waals surface area contributed by atoms with Crippen molar-refractivity contribution in [3.05, 3.63) is 29.8 Å². The van der Waals surface area contributed by atoms with Gasteiger partial charge < -0.3 is 0 Å². The zero-order chi connectivity index (χ0) is 12.9. The summed E-state index contributed by atoms with van der Waals surface area (Å²) < 4.78 is 28.9. The minimum atomic E-state index is -3.61. The first kappa shape index (κ1) is 14.2. The van der Waals surface area contributed by atoms with Gasteiger partial charge in [0.05, 0.1) is 11.0 Å². The summed E-state index contributed by atoms with van der Waals surface area (Å²) in [7, 11) is -3.61. The van der Waals surface area contributed by atoms with E-state index in [0.29, 0.717) is 0 Å². The maximum absolute atomic E-state index is 11.9. The van der Waals surface area contributed by atoms with E-state index >= 15 is 0 Å². The molecule has 0 aromatic heterocycles. The number of hydrogen-bond acceptors (Lipinski definition) is 3. The van der Waals surface area contributed by atoms with Crippen molar-refractivity contribution in [2.45, 2.75) is 51.0 Å². The first-order valence-corrected chi connectivity index (χ1v) is 7.36. The molecular weight excluding hydrogens is 236 g/mol. The fourth-order valence-corrected chi connectivity index (χ4v) is 2.63. The highest BCUT2D eigenvalue weighted by Gasteiger charge is 2.18. The van der Waals surface area contributed by atoms with Crippen LogP contribution in [0.4, 0.5) is 0 Å². The fraction of sp³-hybridized carbons (Fsp3) is 0.538. The summed E-state index contributed by atoms with van der Waals surface area (Å²) >= 11 is 0. The number of benzene rings is 1. The van der Waals surface area contributed by atoms with Crippen LogP contribution in [-0.2, 0) is 14.3 Å². The van der Waals surface area contributed by atoms with Gasteiger partial charge in [-0.2, -0.15) is 8.42 Å². The van der Waals surface area contributed by atoms with Crippen molar-refractivity contribution in [3.63, 3.8) is 0 Å². The van der Waals surface area contributed by atoms with Crippen LogP contribution < -0.4 is 0 Å². The van der Waals surface area contributed by atoms with Crippen molar-refractivity contribution in [1.82, 2.24) is 0 Å². The first-order valence-electron chi connectivity index (χ1n) is 5.95. The number of hydrogen-bond donors (Lipinski definition) is 0. The van der Waals surface area contributed by atoms with Crippen LogP contribution in [-0.4, -0.2) is 14.5 Å². The molecule has 0 unspecified atom stereocenters. The van der Waals surface area contributed by atoms with E-state index in [1.54, 1.807) is 31.2 Å². The van der Waals surface area contributed by atoms with Gasteiger partial charge in [-0.25, -0.2) is 0 Å². The molecule has 1 rings (SSSR count). The molecular formula is C13H20O3S. The largest absolute Gasteiger partial charge is 0.297 e. The standard InChI is InChI=1S/C13H20O3S/c1-4-5-6-12(3)16-17(14,15)13-9-7-11(2)8-10-13/h7-10,12H,4-6H2,1-3H3/t12-/m0/s1. The minimum absolute atomic E-state index is 0.228. The lowest BCUT2D eigenvalue weighted by Crippen LogP contribution is -2.15. The molecule has 1 atom stereocenters. The van der Waals surface area contributed by atoms with Gasteiger partial charge in [-0.1, -0.05) is 37.5 Å². The Morgan fingerprint density at radius 2 is 1.82 bits per heavy atom. The summed E-state index contributed by atoms with van der Waals surface area (Å²) in [5.74, 6) is 0. The Balaban J connectivity index is 2.71. The molecule has 0 N–H and O–H groups in total. The highest BCUT2D eigenvalue weighted by atomic mass is 32.2. The summed E-state index contributed by atoms with van der Waals surface area (Å²) in [5.41, 5.74) is 1.03. The van der Waals surface area contributed by atoms with Gasteiger partial charge in [-0.3, -0.25) is 4.18 Å². The van der Waals surface area contributed by atoms with E-state index in [1.807, 2.05) is 6.92 Å². The molecule has 0 aliphatic rings. The molecule has 0 heterocycles. The van der Waals surface area contributed by atoms with Crippen LogP contribution >= 0.6 is 0 Å². The summed E-state index contributed by atoms with van der Waals surface area (Å²) in [6.07, 6.45) is 2.52. The lowest BCUT2D eigenvalue weighted by molar-refractivity contribution is 0.214. The number of aryl methyl sites for hydroxylation is 1. The van der Waals surface area contributed by atoms with E-state index in [-0.39, 0.29) is 11.0 Å². The molecule has 0 radical (unpaired) electrons. The molecule has 0 saturated heterocycles. The van der Waals surface area contributed by atoms with Crippen LogP contribution in [0.15, 0.2) is 29.2 Å². The average molecular weight is 256 g/mol. The second kappa shape index (κ2) is 6.17. The van der Waals surface area contributed by atoms with E-state index in [9.17, 15) is 8.42 Å². The quantitative estimate of drug-likeness (QED) is 0.734. The maximum atomic E-state index is 11.9. The second-order valence-corrected chi connectivity index (χ2v) is 5.89. The average Bonchev–Trinajstić information content (AvgIpc) is 2.26. The summed E-state index contributed by atoms with van der Waals surface area (Å²) in [6, 6.07) is 6.70. The number of rotatable bonds is 6. The van der Waals surface area contributed by atoms with E-state index in [4.69, 9.17) is 4.18 Å². The summed E-state index contributed by atoms with van der Waals surface area (Å²) in [6.45, 7) is 5.78. The van der Waals surface area contributed by atoms with E-state index in [0.717, 1.165) is 24.8 Å². The second-order valence-electron chi connectivity index (χ2n) is 4.32. The lowest BCUT2D eigenvalue weighted by Gasteiger charge is -2.12. The molecule has 3 nitrogen and oxygen atoms in total. The molecule has 0 saturated carbocycles. The van der Waals surface area contributed by atoms with Crippen LogP contribution in [0.5, 0.6) is 0 Å². The molecule has 1 aromatic rings. The van der Waals surface area contributed by atoms with Gasteiger partial charge in [-0.15, -0.1) is 0 Å². The Morgan fingerprint density at radius 3 is 2.35 bits per heavy atom. The van der Waals surface area contributed by atoms with Crippen molar-refractivity contribution < 1.29 is 12.6 Å². The van der Waals surface area contributed by atoms with E-state index in [1.165, 1.54) is 0 Å². The van der Waals surface area contributed by atoms with Gasteiger partial charge in [0, 0.05) is 0 Å². The Morgan fingerprint density at radius 1 is 1.24 bits per heavy atom. The van der Waals surface area contributed by atoms with Gasteiger partial charge in [0.15, 0.2) is 0 Å². The molecule has 1 aromatic carbocycles. The van der Waals surface area contributed by atoms with Crippen LogP contribution in [0.25, 0.3) is 0 Å². The predicted molar refractivity (Wildman–Crippen MR) is 68.4 cm³/mol. The van der Waals surface area contributed by atoms with Crippen molar-refractivity contribution in [2.75, 3.05) is 0 Å². The van der Waals surface area contributed by atoms with Crippen molar-refractivity contribution in [2.24, 2.45) is 0 Å². The van der Waals surface area contributed by atoms with Gasteiger partial charge in [0.2, 0.25) is 0 Å². The third-order valence-corrected chi connectivity index (χ3v) is 4.00. The van der Waals surface area contributed by atoms with Crippen LogP contribution in [0.1, 0.15) is 38.7 Å². The molecule has 0 amide bonds. The Hall–Kier alpha value is -0.870. The Kier molecular flexibility index (Phi) is 5.15. The molecule has 0 aliphatic heterocycles. The van der Waals surface area contributed by atoms with Crippen molar-refractivity contribution >= 4 is 10.1 Å². The van der Waals surface area contributed by atoms with Gasteiger partial charge in [-0.05, 0) is 32.4 Å². The highest BCUT2D eigenvalue weighted by Crippen LogP contribution is 2.17. The molecule has 0 bridgehead atoms. The third-order valence-electron chi connectivity index (χ3n) is 2.56. The first-order chi connectivity index (χ1) is 7.95. The molecule has 17 heavy (non-hydrogen) atoms. The lowest BCUT2D eigenvalue weighted by atomic mass is 10.2. The summed E-state index contributed by atoms with van der Waals surface area (Å²) in [4.78, 5) is 0.228. The zero-order valence-electron chi connectivity index (χ0n) is 10.6. The molecule has 0 aliphatic carbocycles. The minimum Gasteiger partial charge on any atom is -0.263 e. The smallest absolute Gasteiger partial charge is 0.263 e. The van der Waals surface area contributed by atoms with Gasteiger partial charge in [0.1, 0.15) is 0 Å². The van der Waals surface area contributed by atoms with E-state index < -0.39 is 10.1 Å². The fourth-order valence-electron chi connectivity index (χ4n) is 1.52. The SMILES string of the molecule is CCCC[C@H](C)OS(=O)(=O)c1ccc(C)cc1. The van der Waals surface area contributed by atoms with Gasteiger partial charge >= 0.3 is 0 Å². The molecule has 4 heteroatoms. The maximum Gasteiger partial charge on any atom is 0.297 e. The monoisotopic (exact) mass is 256 g/mol. The summed E-state index contributed by atoms with van der Waals surface area (Å²) in [5, 5.41) is 0. The Labute approximate surface area is 104 Å². The highest BCUT2D eigenvalue weighted by molar-refractivity contribution is 7.86. The van der Waals surface area contributed by atoms with Crippen LogP contribution in [0, 0.1) is 6.92 Å². The van der Waals surface area contributed by atoms with E-state index in [2.05, 4.69) is 6.92 Å². The Bertz CT molecular complexity index is 434. The molecule has 0 fully saturated rings. The molecule has 0 spiro atoms. The number of unbranched alkanes of at least 4 members (excludes halogenated alkanes) is 1. The topological polar surface area (TPSA) is 43.4 Å². The normalized spacial score (nSPS) is 13.6. The van der Waals surface area contributed by atoms with Crippen LogP contribution in [0.3, 0.4) is 0 Å².